The monoisotopic (exact) mass is 351 g/mol. The number of carbonyl (C=O) groups is 1. The van der Waals surface area contributed by atoms with Crippen LogP contribution in [0.5, 0.6) is 0 Å². The van der Waals surface area contributed by atoms with Crippen molar-refractivity contribution in [2.45, 2.75) is 24.3 Å². The standard InChI is InChI=1S/C11H14BrNO5S/c1-7(14)4-5-13-19(17,18)10-6-8(11(15)16)2-3-9(10)12/h2-3,6-7,13-14H,4-5H2,1H3,(H,15,16). The van der Waals surface area contributed by atoms with Crippen molar-refractivity contribution in [3.05, 3.63) is 28.2 Å². The molecule has 1 aromatic carbocycles. The van der Waals surface area contributed by atoms with Gasteiger partial charge in [-0.15, -0.1) is 0 Å². The molecule has 6 nitrogen and oxygen atoms in total. The average molecular weight is 352 g/mol. The van der Waals surface area contributed by atoms with Crippen molar-refractivity contribution in [2.75, 3.05) is 6.54 Å². The number of hydrogen-bond donors (Lipinski definition) is 3. The highest BCUT2D eigenvalue weighted by molar-refractivity contribution is 9.10. The zero-order valence-electron chi connectivity index (χ0n) is 10.1. The van der Waals surface area contributed by atoms with Crippen molar-refractivity contribution < 1.29 is 23.4 Å². The number of hydrogen-bond acceptors (Lipinski definition) is 4. The summed E-state index contributed by atoms with van der Waals surface area (Å²) in [6.07, 6.45) is -0.341. The second-order valence-corrected chi connectivity index (χ2v) is 6.58. The van der Waals surface area contributed by atoms with E-state index < -0.39 is 22.1 Å². The zero-order chi connectivity index (χ0) is 14.6. The minimum absolute atomic E-state index is 0.0732. The Bertz CT molecular complexity index is 570. The molecule has 1 aromatic rings. The van der Waals surface area contributed by atoms with Crippen LogP contribution in [0.2, 0.25) is 0 Å². The highest BCUT2D eigenvalue weighted by Crippen LogP contribution is 2.23. The molecule has 0 saturated carbocycles. The number of aromatic carboxylic acids is 1. The van der Waals surface area contributed by atoms with E-state index in [0.29, 0.717) is 0 Å². The zero-order valence-corrected chi connectivity index (χ0v) is 12.5. The maximum atomic E-state index is 12.0. The first-order valence-corrected chi connectivity index (χ1v) is 7.72. The van der Waals surface area contributed by atoms with Crippen LogP contribution >= 0.6 is 15.9 Å². The van der Waals surface area contributed by atoms with Gasteiger partial charge in [-0.2, -0.15) is 0 Å². The van der Waals surface area contributed by atoms with Gasteiger partial charge in [-0.25, -0.2) is 17.9 Å². The van der Waals surface area contributed by atoms with Gasteiger partial charge >= 0.3 is 5.97 Å². The van der Waals surface area contributed by atoms with Crippen molar-refractivity contribution in [2.24, 2.45) is 0 Å². The minimum atomic E-state index is -3.81. The highest BCUT2D eigenvalue weighted by atomic mass is 79.9. The van der Waals surface area contributed by atoms with Gasteiger partial charge in [0.1, 0.15) is 0 Å². The number of carboxylic acids is 1. The van der Waals surface area contributed by atoms with Crippen molar-refractivity contribution in [1.29, 1.82) is 0 Å². The molecule has 0 saturated heterocycles. The molecule has 0 amide bonds. The molecule has 0 aliphatic rings. The van der Waals surface area contributed by atoms with Gasteiger partial charge in [0, 0.05) is 11.0 Å². The lowest BCUT2D eigenvalue weighted by Crippen LogP contribution is -2.27. The summed E-state index contributed by atoms with van der Waals surface area (Å²) in [6, 6.07) is 3.76. The Morgan fingerprint density at radius 3 is 2.63 bits per heavy atom. The second kappa shape index (κ2) is 6.47. The Labute approximate surface area is 119 Å². The summed E-state index contributed by atoms with van der Waals surface area (Å²) in [7, 11) is -3.81. The second-order valence-electron chi connectivity index (χ2n) is 3.99. The lowest BCUT2D eigenvalue weighted by atomic mass is 10.2. The van der Waals surface area contributed by atoms with E-state index in [1.54, 1.807) is 6.92 Å². The van der Waals surface area contributed by atoms with Crippen LogP contribution in [0.3, 0.4) is 0 Å². The van der Waals surface area contributed by atoms with Crippen molar-refractivity contribution >= 4 is 31.9 Å². The number of aliphatic hydroxyl groups is 1. The molecular formula is C11H14BrNO5S. The molecule has 0 aliphatic carbocycles. The number of carboxylic acid groups (broad SMARTS) is 1. The first kappa shape index (κ1) is 16.1. The fourth-order valence-electron chi connectivity index (χ4n) is 1.32. The maximum absolute atomic E-state index is 12.0. The molecule has 0 aliphatic heterocycles. The summed E-state index contributed by atoms with van der Waals surface area (Å²) < 4.78 is 26.6. The predicted octanol–water partition coefficient (Wildman–Crippen LogP) is 1.20. The molecule has 1 atom stereocenters. The number of rotatable bonds is 6. The van der Waals surface area contributed by atoms with E-state index in [4.69, 9.17) is 10.2 Å². The Balaban J connectivity index is 3.00. The van der Waals surface area contributed by atoms with E-state index >= 15 is 0 Å². The summed E-state index contributed by atoms with van der Waals surface area (Å²) in [5, 5.41) is 17.9. The molecule has 1 unspecified atom stereocenters. The Kier molecular flexibility index (Phi) is 5.48. The minimum Gasteiger partial charge on any atom is -0.478 e. The molecule has 0 heterocycles. The highest BCUT2D eigenvalue weighted by Gasteiger charge is 2.19. The smallest absolute Gasteiger partial charge is 0.335 e. The third kappa shape index (κ3) is 4.57. The van der Waals surface area contributed by atoms with Crippen LogP contribution in [0.4, 0.5) is 0 Å². The quantitative estimate of drug-likeness (QED) is 0.714. The van der Waals surface area contributed by atoms with Crippen LogP contribution in [0.25, 0.3) is 0 Å². The molecule has 19 heavy (non-hydrogen) atoms. The van der Waals surface area contributed by atoms with E-state index in [2.05, 4.69) is 20.7 Å². The van der Waals surface area contributed by atoms with E-state index in [-0.39, 0.29) is 27.9 Å². The number of aliphatic hydroxyl groups excluding tert-OH is 1. The molecule has 0 aromatic heterocycles. The topological polar surface area (TPSA) is 104 Å². The van der Waals surface area contributed by atoms with Gasteiger partial charge in [0.25, 0.3) is 0 Å². The van der Waals surface area contributed by atoms with Gasteiger partial charge in [-0.1, -0.05) is 0 Å². The largest absolute Gasteiger partial charge is 0.478 e. The van der Waals surface area contributed by atoms with Gasteiger partial charge in [0.05, 0.1) is 16.6 Å². The van der Waals surface area contributed by atoms with E-state index in [0.717, 1.165) is 6.07 Å². The summed E-state index contributed by atoms with van der Waals surface area (Å²) in [5.74, 6) is -1.20. The fraction of sp³-hybridized carbons (Fsp3) is 0.364. The van der Waals surface area contributed by atoms with Crippen LogP contribution < -0.4 is 4.72 Å². The summed E-state index contributed by atoms with van der Waals surface area (Å²) in [6.45, 7) is 1.62. The summed E-state index contributed by atoms with van der Waals surface area (Å²) in [4.78, 5) is 10.7. The molecule has 0 bridgehead atoms. The van der Waals surface area contributed by atoms with Crippen molar-refractivity contribution in [1.82, 2.24) is 4.72 Å². The number of nitrogens with one attached hydrogen (secondary N) is 1. The Morgan fingerprint density at radius 2 is 2.11 bits per heavy atom. The Morgan fingerprint density at radius 1 is 1.47 bits per heavy atom. The lowest BCUT2D eigenvalue weighted by molar-refractivity contribution is 0.0696. The van der Waals surface area contributed by atoms with Gasteiger partial charge < -0.3 is 10.2 Å². The van der Waals surface area contributed by atoms with Crippen LogP contribution in [0.1, 0.15) is 23.7 Å². The fourth-order valence-corrected chi connectivity index (χ4v) is 3.36. The first-order valence-electron chi connectivity index (χ1n) is 5.44. The van der Waals surface area contributed by atoms with Gasteiger partial charge in [0.2, 0.25) is 10.0 Å². The van der Waals surface area contributed by atoms with E-state index in [1.165, 1.54) is 12.1 Å². The molecule has 3 N–H and O–H groups in total. The van der Waals surface area contributed by atoms with Crippen LogP contribution in [0.15, 0.2) is 27.6 Å². The van der Waals surface area contributed by atoms with Gasteiger partial charge in [0.15, 0.2) is 0 Å². The van der Waals surface area contributed by atoms with Crippen molar-refractivity contribution in [3.8, 4) is 0 Å². The number of sulfonamides is 1. The van der Waals surface area contributed by atoms with Crippen LogP contribution in [-0.2, 0) is 10.0 Å². The van der Waals surface area contributed by atoms with Gasteiger partial charge in [-0.3, -0.25) is 0 Å². The molecule has 0 fully saturated rings. The SMILES string of the molecule is CC(O)CCNS(=O)(=O)c1cc(C(=O)O)ccc1Br. The first-order chi connectivity index (χ1) is 8.74. The van der Waals surface area contributed by atoms with Crippen LogP contribution in [0, 0.1) is 0 Å². The van der Waals surface area contributed by atoms with Crippen LogP contribution in [-0.4, -0.2) is 37.2 Å². The third-order valence-corrected chi connectivity index (χ3v) is 4.78. The third-order valence-electron chi connectivity index (χ3n) is 2.32. The number of benzene rings is 1. The summed E-state index contributed by atoms with van der Waals surface area (Å²) in [5.41, 5.74) is -0.112. The molecule has 0 radical (unpaired) electrons. The van der Waals surface area contributed by atoms with E-state index in [9.17, 15) is 13.2 Å². The van der Waals surface area contributed by atoms with E-state index in [1.807, 2.05) is 0 Å². The summed E-state index contributed by atoms with van der Waals surface area (Å²) >= 11 is 3.07. The normalized spacial score (nSPS) is 13.2. The molecule has 8 heteroatoms. The van der Waals surface area contributed by atoms with Crippen molar-refractivity contribution in [3.63, 3.8) is 0 Å². The lowest BCUT2D eigenvalue weighted by Gasteiger charge is -2.10. The average Bonchev–Trinajstić information content (AvgIpc) is 2.28. The maximum Gasteiger partial charge on any atom is 0.335 e. The molecule has 1 rings (SSSR count). The van der Waals surface area contributed by atoms with Gasteiger partial charge in [-0.05, 0) is 47.5 Å². The molecular weight excluding hydrogens is 338 g/mol. The predicted molar refractivity (Wildman–Crippen MR) is 72.6 cm³/mol. The Hall–Kier alpha value is -0.960. The number of halogens is 1. The molecule has 106 valence electrons. The molecule has 0 spiro atoms.